The van der Waals surface area contributed by atoms with Gasteiger partial charge in [-0.05, 0) is 61.4 Å². The maximum atomic E-state index is 13.2. The van der Waals surface area contributed by atoms with E-state index in [0.717, 1.165) is 22.9 Å². The Morgan fingerprint density at radius 3 is 2.52 bits per heavy atom. The first-order valence-electron chi connectivity index (χ1n) is 8.82. The van der Waals surface area contributed by atoms with Crippen LogP contribution in [0, 0.1) is 19.7 Å². The van der Waals surface area contributed by atoms with E-state index >= 15 is 0 Å². The lowest BCUT2D eigenvalue weighted by molar-refractivity contribution is -0.113. The van der Waals surface area contributed by atoms with E-state index in [1.54, 1.807) is 12.1 Å². The largest absolute Gasteiger partial charge is 0.325 e. The van der Waals surface area contributed by atoms with Crippen LogP contribution in [0.1, 0.15) is 21.5 Å². The number of rotatable bonds is 6. The Labute approximate surface area is 171 Å². The zero-order valence-electron chi connectivity index (χ0n) is 15.9. The van der Waals surface area contributed by atoms with Crippen LogP contribution in [0.2, 0.25) is 0 Å². The first-order chi connectivity index (χ1) is 13.9. The van der Waals surface area contributed by atoms with Crippen molar-refractivity contribution in [1.82, 2.24) is 10.2 Å². The first kappa shape index (κ1) is 20.5. The van der Waals surface area contributed by atoms with Crippen LogP contribution in [0.25, 0.3) is 0 Å². The quantitative estimate of drug-likeness (QED) is 0.595. The second kappa shape index (κ2) is 9.29. The SMILES string of the molecule is Cc1cccc(NC(=O)CSc2ccc(NC(=O)c3cccc(F)c3)nn2)c1C. The van der Waals surface area contributed by atoms with Gasteiger partial charge in [-0.2, -0.15) is 0 Å². The number of hydrogen-bond acceptors (Lipinski definition) is 5. The van der Waals surface area contributed by atoms with Gasteiger partial charge < -0.3 is 10.6 Å². The average molecular weight is 410 g/mol. The Morgan fingerprint density at radius 2 is 1.79 bits per heavy atom. The van der Waals surface area contributed by atoms with E-state index in [4.69, 9.17) is 0 Å². The van der Waals surface area contributed by atoms with Crippen LogP contribution in [0.3, 0.4) is 0 Å². The van der Waals surface area contributed by atoms with E-state index in [9.17, 15) is 14.0 Å². The van der Waals surface area contributed by atoms with Crippen LogP contribution < -0.4 is 10.6 Å². The van der Waals surface area contributed by atoms with Gasteiger partial charge in [-0.25, -0.2) is 4.39 Å². The molecule has 0 aliphatic heterocycles. The third-order valence-electron chi connectivity index (χ3n) is 4.20. The molecule has 0 spiro atoms. The molecule has 3 aromatic rings. The zero-order chi connectivity index (χ0) is 20.8. The number of aromatic nitrogens is 2. The van der Waals surface area contributed by atoms with Gasteiger partial charge in [0, 0.05) is 11.3 Å². The molecule has 2 aromatic carbocycles. The van der Waals surface area contributed by atoms with Crippen molar-refractivity contribution in [3.8, 4) is 0 Å². The maximum absolute atomic E-state index is 13.2. The molecule has 148 valence electrons. The van der Waals surface area contributed by atoms with Gasteiger partial charge in [0.1, 0.15) is 10.8 Å². The van der Waals surface area contributed by atoms with E-state index in [2.05, 4.69) is 20.8 Å². The fourth-order valence-corrected chi connectivity index (χ4v) is 3.11. The number of carbonyl (C=O) groups is 2. The molecule has 8 heteroatoms. The minimum absolute atomic E-state index is 0.144. The van der Waals surface area contributed by atoms with E-state index < -0.39 is 11.7 Å². The summed E-state index contributed by atoms with van der Waals surface area (Å²) in [5.41, 5.74) is 3.12. The molecular formula is C21H19FN4O2S. The van der Waals surface area contributed by atoms with Gasteiger partial charge in [-0.1, -0.05) is 30.0 Å². The van der Waals surface area contributed by atoms with Crippen molar-refractivity contribution in [2.24, 2.45) is 0 Å². The van der Waals surface area contributed by atoms with Crippen molar-refractivity contribution >= 4 is 35.1 Å². The molecular weight excluding hydrogens is 391 g/mol. The molecule has 0 bridgehead atoms. The van der Waals surface area contributed by atoms with E-state index in [1.807, 2.05) is 32.0 Å². The predicted molar refractivity (Wildman–Crippen MR) is 112 cm³/mol. The fourth-order valence-electron chi connectivity index (χ4n) is 2.49. The fraction of sp³-hybridized carbons (Fsp3) is 0.143. The Balaban J connectivity index is 1.53. The summed E-state index contributed by atoms with van der Waals surface area (Å²) in [6.45, 7) is 3.95. The number of halogens is 1. The van der Waals surface area contributed by atoms with Crippen molar-refractivity contribution in [1.29, 1.82) is 0 Å². The summed E-state index contributed by atoms with van der Waals surface area (Å²) >= 11 is 1.24. The highest BCUT2D eigenvalue weighted by molar-refractivity contribution is 7.99. The average Bonchev–Trinajstić information content (AvgIpc) is 2.71. The Kier molecular flexibility index (Phi) is 6.56. The van der Waals surface area contributed by atoms with Crippen molar-refractivity contribution in [2.45, 2.75) is 18.9 Å². The number of aryl methyl sites for hydroxylation is 1. The molecule has 0 saturated carbocycles. The molecule has 1 heterocycles. The van der Waals surface area contributed by atoms with Crippen LogP contribution in [0.15, 0.2) is 59.6 Å². The summed E-state index contributed by atoms with van der Waals surface area (Å²) in [6.07, 6.45) is 0. The lowest BCUT2D eigenvalue weighted by Gasteiger charge is -2.10. The highest BCUT2D eigenvalue weighted by Gasteiger charge is 2.10. The monoisotopic (exact) mass is 410 g/mol. The standard InChI is InChI=1S/C21H19FN4O2S/c1-13-5-3-8-17(14(13)2)23-19(27)12-29-20-10-9-18(25-26-20)24-21(28)15-6-4-7-16(22)11-15/h3-11H,12H2,1-2H3,(H,23,27)(H,24,25,28). The number of nitrogens with zero attached hydrogens (tertiary/aromatic N) is 2. The molecule has 0 atom stereocenters. The van der Waals surface area contributed by atoms with Gasteiger partial charge in [0.15, 0.2) is 5.82 Å². The van der Waals surface area contributed by atoms with Crippen LogP contribution in [0.4, 0.5) is 15.9 Å². The summed E-state index contributed by atoms with van der Waals surface area (Å²) in [4.78, 5) is 24.3. The minimum Gasteiger partial charge on any atom is -0.325 e. The molecule has 0 radical (unpaired) electrons. The van der Waals surface area contributed by atoms with Crippen LogP contribution >= 0.6 is 11.8 Å². The van der Waals surface area contributed by atoms with Crippen molar-refractivity contribution in [3.05, 3.63) is 77.1 Å². The van der Waals surface area contributed by atoms with E-state index in [1.165, 1.54) is 30.0 Å². The molecule has 0 unspecified atom stereocenters. The molecule has 29 heavy (non-hydrogen) atoms. The Bertz CT molecular complexity index is 1040. The number of benzene rings is 2. The normalized spacial score (nSPS) is 10.4. The van der Waals surface area contributed by atoms with Gasteiger partial charge in [-0.3, -0.25) is 9.59 Å². The topological polar surface area (TPSA) is 84.0 Å². The summed E-state index contributed by atoms with van der Waals surface area (Å²) in [6, 6.07) is 14.3. The Hall–Kier alpha value is -3.26. The van der Waals surface area contributed by atoms with Gasteiger partial charge in [0.2, 0.25) is 5.91 Å². The van der Waals surface area contributed by atoms with E-state index in [0.29, 0.717) is 5.03 Å². The Morgan fingerprint density at radius 1 is 1.00 bits per heavy atom. The molecule has 0 saturated heterocycles. The summed E-state index contributed by atoms with van der Waals surface area (Å²) in [7, 11) is 0. The lowest BCUT2D eigenvalue weighted by atomic mass is 10.1. The molecule has 2 N–H and O–H groups in total. The second-order valence-corrected chi connectivity index (χ2v) is 7.30. The molecule has 0 fully saturated rings. The first-order valence-corrected chi connectivity index (χ1v) is 9.80. The van der Waals surface area contributed by atoms with Gasteiger partial charge >= 0.3 is 0 Å². The van der Waals surface area contributed by atoms with Crippen molar-refractivity contribution in [3.63, 3.8) is 0 Å². The number of thioether (sulfide) groups is 1. The van der Waals surface area contributed by atoms with Gasteiger partial charge in [-0.15, -0.1) is 10.2 Å². The highest BCUT2D eigenvalue weighted by atomic mass is 32.2. The molecule has 0 aliphatic rings. The lowest BCUT2D eigenvalue weighted by Crippen LogP contribution is -2.15. The zero-order valence-corrected chi connectivity index (χ0v) is 16.7. The number of carbonyl (C=O) groups excluding carboxylic acids is 2. The number of anilines is 2. The molecule has 6 nitrogen and oxygen atoms in total. The predicted octanol–water partition coefficient (Wildman–Crippen LogP) is 4.22. The molecule has 1 aromatic heterocycles. The summed E-state index contributed by atoms with van der Waals surface area (Å²) < 4.78 is 13.2. The van der Waals surface area contributed by atoms with E-state index in [-0.39, 0.29) is 23.0 Å². The van der Waals surface area contributed by atoms with Crippen molar-refractivity contribution < 1.29 is 14.0 Å². The molecule has 2 amide bonds. The summed E-state index contributed by atoms with van der Waals surface area (Å²) in [5, 5.41) is 13.9. The third-order valence-corrected chi connectivity index (χ3v) is 5.12. The van der Waals surface area contributed by atoms with Gasteiger partial charge in [0.05, 0.1) is 5.75 Å². The second-order valence-electron chi connectivity index (χ2n) is 6.31. The number of nitrogens with one attached hydrogen (secondary N) is 2. The van der Waals surface area contributed by atoms with Gasteiger partial charge in [0.25, 0.3) is 5.91 Å². The van der Waals surface area contributed by atoms with Crippen LogP contribution in [-0.4, -0.2) is 27.8 Å². The highest BCUT2D eigenvalue weighted by Crippen LogP contribution is 2.20. The van der Waals surface area contributed by atoms with Crippen LogP contribution in [-0.2, 0) is 4.79 Å². The number of hydrogen-bond donors (Lipinski definition) is 2. The van der Waals surface area contributed by atoms with Crippen molar-refractivity contribution in [2.75, 3.05) is 16.4 Å². The maximum Gasteiger partial charge on any atom is 0.256 e. The third kappa shape index (κ3) is 5.61. The molecule has 0 aliphatic carbocycles. The molecule has 3 rings (SSSR count). The smallest absolute Gasteiger partial charge is 0.256 e. The minimum atomic E-state index is -0.491. The summed E-state index contributed by atoms with van der Waals surface area (Å²) in [5.74, 6) is -0.698. The number of amides is 2. The van der Waals surface area contributed by atoms with Crippen LogP contribution in [0.5, 0.6) is 0 Å².